The lowest BCUT2D eigenvalue weighted by Gasteiger charge is -2.32. The molecule has 2 aromatic carbocycles. The van der Waals surface area contributed by atoms with Crippen LogP contribution in [0.3, 0.4) is 0 Å². The Balaban J connectivity index is 1.59. The number of carbonyl (C=O) groups excluding carboxylic acids is 3. The Morgan fingerprint density at radius 3 is 2.55 bits per heavy atom. The summed E-state index contributed by atoms with van der Waals surface area (Å²) >= 11 is 6.23. The molecule has 1 fully saturated rings. The molecule has 0 saturated carbocycles. The average Bonchev–Trinajstić information content (AvgIpc) is 2.70. The zero-order valence-corrected chi connectivity index (χ0v) is 17.0. The molecule has 0 radical (unpaired) electrons. The van der Waals surface area contributed by atoms with E-state index in [1.807, 2.05) is 30.3 Å². The van der Waals surface area contributed by atoms with E-state index in [1.165, 1.54) is 6.92 Å². The molecule has 2 N–H and O–H groups in total. The molecule has 29 heavy (non-hydrogen) atoms. The van der Waals surface area contributed by atoms with Crippen molar-refractivity contribution in [3.63, 3.8) is 0 Å². The quantitative estimate of drug-likeness (QED) is 0.784. The van der Waals surface area contributed by atoms with Gasteiger partial charge >= 0.3 is 0 Å². The number of amides is 3. The number of hydrogen-bond donors (Lipinski definition) is 2. The van der Waals surface area contributed by atoms with Crippen LogP contribution in [0.25, 0.3) is 0 Å². The van der Waals surface area contributed by atoms with E-state index in [2.05, 4.69) is 10.6 Å². The van der Waals surface area contributed by atoms with E-state index < -0.39 is 0 Å². The first-order chi connectivity index (χ1) is 13.9. The number of anilines is 2. The van der Waals surface area contributed by atoms with Crippen molar-refractivity contribution in [3.05, 3.63) is 59.1 Å². The summed E-state index contributed by atoms with van der Waals surface area (Å²) in [4.78, 5) is 38.2. The Labute approximate surface area is 175 Å². The number of halogens is 1. The minimum absolute atomic E-state index is 0.0337. The van der Waals surface area contributed by atoms with Gasteiger partial charge in [-0.05, 0) is 36.6 Å². The maximum absolute atomic E-state index is 12.7. The first kappa shape index (κ1) is 20.9. The zero-order valence-electron chi connectivity index (χ0n) is 16.3. The fourth-order valence-electron chi connectivity index (χ4n) is 3.43. The molecule has 7 heteroatoms. The van der Waals surface area contributed by atoms with Crippen LogP contribution in [0.5, 0.6) is 0 Å². The Morgan fingerprint density at radius 2 is 1.86 bits per heavy atom. The Kier molecular flexibility index (Phi) is 6.88. The normalized spacial score (nSPS) is 16.2. The van der Waals surface area contributed by atoms with Crippen LogP contribution in [0.4, 0.5) is 11.4 Å². The Bertz CT molecular complexity index is 901. The molecule has 1 aliphatic rings. The molecule has 0 bridgehead atoms. The lowest BCUT2D eigenvalue weighted by molar-refractivity contribution is -0.134. The zero-order chi connectivity index (χ0) is 20.8. The van der Waals surface area contributed by atoms with Crippen LogP contribution in [-0.4, -0.2) is 35.7 Å². The fraction of sp³-hybridized carbons (Fsp3) is 0.318. The molecule has 1 saturated heterocycles. The summed E-state index contributed by atoms with van der Waals surface area (Å²) in [5.41, 5.74) is 2.02. The fourth-order valence-corrected chi connectivity index (χ4v) is 3.66. The molecule has 1 unspecified atom stereocenters. The van der Waals surface area contributed by atoms with Crippen LogP contribution in [0.15, 0.2) is 48.5 Å². The lowest BCUT2D eigenvalue weighted by atomic mass is 9.96. The number of hydrogen-bond acceptors (Lipinski definition) is 3. The summed E-state index contributed by atoms with van der Waals surface area (Å²) in [5.74, 6) is -0.599. The van der Waals surface area contributed by atoms with Crippen LogP contribution in [0, 0.1) is 5.92 Å². The molecule has 1 atom stereocenters. The van der Waals surface area contributed by atoms with Gasteiger partial charge in [0.1, 0.15) is 0 Å². The van der Waals surface area contributed by atoms with E-state index in [0.29, 0.717) is 35.9 Å². The molecule has 152 valence electrons. The molecule has 3 rings (SSSR count). The molecule has 0 aliphatic carbocycles. The van der Waals surface area contributed by atoms with Crippen molar-refractivity contribution in [3.8, 4) is 0 Å². The summed E-state index contributed by atoms with van der Waals surface area (Å²) in [6.45, 7) is 2.48. The highest BCUT2D eigenvalue weighted by Crippen LogP contribution is 2.27. The van der Waals surface area contributed by atoms with Gasteiger partial charge in [-0.2, -0.15) is 0 Å². The monoisotopic (exact) mass is 413 g/mol. The largest absolute Gasteiger partial charge is 0.342 e. The van der Waals surface area contributed by atoms with Crippen LogP contribution < -0.4 is 10.6 Å². The topological polar surface area (TPSA) is 78.5 Å². The second kappa shape index (κ2) is 9.56. The van der Waals surface area contributed by atoms with Gasteiger partial charge in [-0.25, -0.2) is 0 Å². The summed E-state index contributed by atoms with van der Waals surface area (Å²) in [7, 11) is 0. The number of benzene rings is 2. The van der Waals surface area contributed by atoms with Gasteiger partial charge in [-0.3, -0.25) is 14.4 Å². The number of rotatable bonds is 5. The van der Waals surface area contributed by atoms with Gasteiger partial charge in [0, 0.05) is 25.7 Å². The van der Waals surface area contributed by atoms with Gasteiger partial charge in [0.2, 0.25) is 17.7 Å². The predicted molar refractivity (Wildman–Crippen MR) is 114 cm³/mol. The standard InChI is InChI=1S/C22H24ClN3O3/c1-15(27)24-18-9-10-20(19(23)13-18)25-22(29)17-8-5-11-26(14-17)21(28)12-16-6-3-2-4-7-16/h2-4,6-7,9-10,13,17H,5,8,11-12,14H2,1H3,(H,24,27)(H,25,29). The van der Waals surface area contributed by atoms with E-state index in [0.717, 1.165) is 18.4 Å². The van der Waals surface area contributed by atoms with Crippen molar-refractivity contribution in [2.75, 3.05) is 23.7 Å². The van der Waals surface area contributed by atoms with Crippen LogP contribution >= 0.6 is 11.6 Å². The number of nitrogens with zero attached hydrogens (tertiary/aromatic N) is 1. The predicted octanol–water partition coefficient (Wildman–Crippen LogP) is 3.72. The van der Waals surface area contributed by atoms with Gasteiger partial charge in [0.05, 0.1) is 23.0 Å². The molecule has 0 aromatic heterocycles. The van der Waals surface area contributed by atoms with Crippen molar-refractivity contribution < 1.29 is 14.4 Å². The third-order valence-corrected chi connectivity index (χ3v) is 5.20. The third-order valence-electron chi connectivity index (χ3n) is 4.89. The summed E-state index contributed by atoms with van der Waals surface area (Å²) in [6.07, 6.45) is 1.85. The molecule has 3 amide bonds. The highest BCUT2D eigenvalue weighted by atomic mass is 35.5. The van der Waals surface area contributed by atoms with E-state index >= 15 is 0 Å². The maximum atomic E-state index is 12.7. The van der Waals surface area contributed by atoms with E-state index in [9.17, 15) is 14.4 Å². The van der Waals surface area contributed by atoms with Crippen molar-refractivity contribution in [1.29, 1.82) is 0 Å². The second-order valence-corrected chi connectivity index (χ2v) is 7.61. The average molecular weight is 414 g/mol. The highest BCUT2D eigenvalue weighted by molar-refractivity contribution is 6.34. The maximum Gasteiger partial charge on any atom is 0.229 e. The third kappa shape index (κ3) is 5.81. The van der Waals surface area contributed by atoms with E-state index in [4.69, 9.17) is 11.6 Å². The second-order valence-electron chi connectivity index (χ2n) is 7.21. The van der Waals surface area contributed by atoms with E-state index in [-0.39, 0.29) is 23.6 Å². The lowest BCUT2D eigenvalue weighted by Crippen LogP contribution is -2.44. The molecule has 2 aromatic rings. The molecule has 1 heterocycles. The van der Waals surface area contributed by atoms with Gasteiger partial charge in [0.25, 0.3) is 0 Å². The van der Waals surface area contributed by atoms with Crippen molar-refractivity contribution >= 4 is 40.7 Å². The van der Waals surface area contributed by atoms with Crippen molar-refractivity contribution in [1.82, 2.24) is 4.90 Å². The van der Waals surface area contributed by atoms with Crippen LogP contribution in [0.1, 0.15) is 25.3 Å². The van der Waals surface area contributed by atoms with Crippen molar-refractivity contribution in [2.24, 2.45) is 5.92 Å². The van der Waals surface area contributed by atoms with Crippen LogP contribution in [0.2, 0.25) is 5.02 Å². The van der Waals surface area contributed by atoms with Gasteiger partial charge in [-0.15, -0.1) is 0 Å². The molecular formula is C22H24ClN3O3. The summed E-state index contributed by atoms with van der Waals surface area (Å²) in [6, 6.07) is 14.5. The van der Waals surface area contributed by atoms with Gasteiger partial charge < -0.3 is 15.5 Å². The number of carbonyl (C=O) groups is 3. The highest BCUT2D eigenvalue weighted by Gasteiger charge is 2.28. The van der Waals surface area contributed by atoms with Crippen LogP contribution in [-0.2, 0) is 20.8 Å². The number of nitrogens with one attached hydrogen (secondary N) is 2. The first-order valence-corrected chi connectivity index (χ1v) is 10.00. The van der Waals surface area contributed by atoms with Gasteiger partial charge in [0.15, 0.2) is 0 Å². The van der Waals surface area contributed by atoms with Gasteiger partial charge in [-0.1, -0.05) is 41.9 Å². The smallest absolute Gasteiger partial charge is 0.229 e. The van der Waals surface area contributed by atoms with E-state index in [1.54, 1.807) is 23.1 Å². The van der Waals surface area contributed by atoms with Crippen molar-refractivity contribution in [2.45, 2.75) is 26.2 Å². The molecule has 0 spiro atoms. The SMILES string of the molecule is CC(=O)Nc1ccc(NC(=O)C2CCCN(C(=O)Cc3ccccc3)C2)c(Cl)c1. The molecule has 6 nitrogen and oxygen atoms in total. The number of piperidine rings is 1. The minimum Gasteiger partial charge on any atom is -0.342 e. The summed E-state index contributed by atoms with van der Waals surface area (Å²) in [5, 5.41) is 5.84. The Hall–Kier alpha value is -2.86. The molecule has 1 aliphatic heterocycles. The molecular weight excluding hydrogens is 390 g/mol. The Morgan fingerprint density at radius 1 is 1.10 bits per heavy atom. The number of likely N-dealkylation sites (tertiary alicyclic amines) is 1. The first-order valence-electron chi connectivity index (χ1n) is 9.62. The summed E-state index contributed by atoms with van der Waals surface area (Å²) < 4.78 is 0. The minimum atomic E-state index is -0.283.